The zero-order chi connectivity index (χ0) is 19.4. The Morgan fingerprint density at radius 3 is 2.48 bits per heavy atom. The Morgan fingerprint density at radius 1 is 1.04 bits per heavy atom. The molecule has 0 spiro atoms. The van der Waals surface area contributed by atoms with Gasteiger partial charge in [0, 0.05) is 17.7 Å². The third-order valence-electron chi connectivity index (χ3n) is 4.45. The molecule has 0 unspecified atom stereocenters. The van der Waals surface area contributed by atoms with Gasteiger partial charge in [-0.3, -0.25) is 4.68 Å². The van der Waals surface area contributed by atoms with E-state index in [0.29, 0.717) is 12.0 Å². The molecule has 9 heteroatoms. The molecule has 0 aliphatic carbocycles. The third-order valence-corrected chi connectivity index (χ3v) is 5.98. The molecule has 2 heterocycles. The summed E-state index contributed by atoms with van der Waals surface area (Å²) < 4.78 is 79.9. The fourth-order valence-electron chi connectivity index (χ4n) is 3.26. The van der Waals surface area contributed by atoms with Crippen LogP contribution < -0.4 is 0 Å². The molecule has 1 aliphatic rings. The SMILES string of the molecule is O=S(=O)(c1c(-c2cccc(F)c2)nn2c1-c1ccccc1CC2)C(F)(F)F. The van der Waals surface area contributed by atoms with Crippen LogP contribution in [0.25, 0.3) is 22.5 Å². The smallest absolute Gasteiger partial charge is 0.263 e. The number of fused-ring (bicyclic) bond motifs is 3. The van der Waals surface area contributed by atoms with E-state index in [1.54, 1.807) is 24.3 Å². The van der Waals surface area contributed by atoms with Crippen LogP contribution in [-0.2, 0) is 22.8 Å². The second-order valence-electron chi connectivity index (χ2n) is 6.12. The van der Waals surface area contributed by atoms with Crippen molar-refractivity contribution in [1.82, 2.24) is 9.78 Å². The number of aryl methyl sites for hydroxylation is 2. The van der Waals surface area contributed by atoms with Gasteiger partial charge >= 0.3 is 5.51 Å². The molecule has 4 rings (SSSR count). The van der Waals surface area contributed by atoms with Gasteiger partial charge in [0.15, 0.2) is 0 Å². The third kappa shape index (κ3) is 2.73. The van der Waals surface area contributed by atoms with Gasteiger partial charge in [-0.05, 0) is 24.1 Å². The normalized spacial score (nSPS) is 13.9. The van der Waals surface area contributed by atoms with E-state index in [2.05, 4.69) is 5.10 Å². The molecule has 4 nitrogen and oxygen atoms in total. The molecule has 0 bridgehead atoms. The first-order chi connectivity index (χ1) is 12.7. The van der Waals surface area contributed by atoms with E-state index in [1.807, 2.05) is 0 Å². The predicted molar refractivity (Wildman–Crippen MR) is 90.0 cm³/mol. The topological polar surface area (TPSA) is 52.0 Å². The van der Waals surface area contributed by atoms with Crippen LogP contribution in [0.4, 0.5) is 17.6 Å². The molecule has 0 radical (unpaired) electrons. The lowest BCUT2D eigenvalue weighted by atomic mass is 9.98. The number of nitrogens with zero attached hydrogens (tertiary/aromatic N) is 2. The van der Waals surface area contributed by atoms with E-state index < -0.39 is 31.8 Å². The van der Waals surface area contributed by atoms with E-state index in [1.165, 1.54) is 16.8 Å². The lowest BCUT2D eigenvalue weighted by molar-refractivity contribution is -0.0435. The van der Waals surface area contributed by atoms with Crippen LogP contribution >= 0.6 is 0 Å². The van der Waals surface area contributed by atoms with Crippen LogP contribution in [0.1, 0.15) is 5.56 Å². The van der Waals surface area contributed by atoms with E-state index >= 15 is 0 Å². The maximum atomic E-state index is 13.6. The minimum atomic E-state index is -5.71. The fraction of sp³-hybridized carbons (Fsp3) is 0.167. The number of hydrogen-bond acceptors (Lipinski definition) is 3. The highest BCUT2D eigenvalue weighted by Gasteiger charge is 2.51. The first-order valence-electron chi connectivity index (χ1n) is 7.96. The molecule has 27 heavy (non-hydrogen) atoms. The zero-order valence-corrected chi connectivity index (χ0v) is 14.5. The predicted octanol–water partition coefficient (Wildman–Crippen LogP) is 4.21. The number of hydrogen-bond donors (Lipinski definition) is 0. The summed E-state index contributed by atoms with van der Waals surface area (Å²) in [7, 11) is -5.71. The van der Waals surface area contributed by atoms with Gasteiger partial charge < -0.3 is 0 Å². The van der Waals surface area contributed by atoms with Gasteiger partial charge in [-0.25, -0.2) is 12.8 Å². The quantitative estimate of drug-likeness (QED) is 0.610. The molecule has 0 fully saturated rings. The highest BCUT2D eigenvalue weighted by atomic mass is 32.2. The first kappa shape index (κ1) is 17.7. The summed E-state index contributed by atoms with van der Waals surface area (Å²) in [6, 6.07) is 11.4. The minimum Gasteiger partial charge on any atom is -0.263 e. The Bertz CT molecular complexity index is 1150. The van der Waals surface area contributed by atoms with Gasteiger partial charge in [0.05, 0.1) is 5.69 Å². The maximum absolute atomic E-state index is 13.6. The van der Waals surface area contributed by atoms with Crippen molar-refractivity contribution in [1.29, 1.82) is 0 Å². The van der Waals surface area contributed by atoms with Gasteiger partial charge in [-0.15, -0.1) is 0 Å². The second-order valence-corrected chi connectivity index (χ2v) is 7.99. The zero-order valence-electron chi connectivity index (χ0n) is 13.7. The Labute approximate surface area is 152 Å². The minimum absolute atomic E-state index is 0.0304. The van der Waals surface area contributed by atoms with E-state index in [0.717, 1.165) is 17.7 Å². The molecule has 0 atom stereocenters. The molecular weight excluding hydrogens is 384 g/mol. The van der Waals surface area contributed by atoms with Crippen LogP contribution in [-0.4, -0.2) is 23.7 Å². The lowest BCUT2D eigenvalue weighted by Crippen LogP contribution is -2.24. The summed E-state index contributed by atoms with van der Waals surface area (Å²) in [5.41, 5.74) is -4.95. The Morgan fingerprint density at radius 2 is 1.78 bits per heavy atom. The fourth-order valence-corrected chi connectivity index (χ4v) is 4.37. The van der Waals surface area contributed by atoms with Crippen LogP contribution in [0.2, 0.25) is 0 Å². The molecule has 1 aliphatic heterocycles. The average molecular weight is 396 g/mol. The van der Waals surface area contributed by atoms with Crippen molar-refractivity contribution in [3.63, 3.8) is 0 Å². The van der Waals surface area contributed by atoms with Gasteiger partial charge in [-0.1, -0.05) is 36.4 Å². The summed E-state index contributed by atoms with van der Waals surface area (Å²) in [5, 5.41) is 4.11. The molecule has 1 aromatic heterocycles. The van der Waals surface area contributed by atoms with Gasteiger partial charge in [0.1, 0.15) is 16.4 Å². The molecule has 0 saturated heterocycles. The summed E-state index contributed by atoms with van der Waals surface area (Å²) in [6.07, 6.45) is 0.499. The summed E-state index contributed by atoms with van der Waals surface area (Å²) in [5.74, 6) is -0.700. The molecular formula is C18H12F4N2O2S. The summed E-state index contributed by atoms with van der Waals surface area (Å²) >= 11 is 0. The molecule has 2 aromatic carbocycles. The monoisotopic (exact) mass is 396 g/mol. The Kier molecular flexibility index (Phi) is 3.88. The van der Waals surface area contributed by atoms with Gasteiger partial charge in [-0.2, -0.15) is 18.3 Å². The van der Waals surface area contributed by atoms with E-state index in [4.69, 9.17) is 0 Å². The Balaban J connectivity index is 2.11. The van der Waals surface area contributed by atoms with Crippen molar-refractivity contribution in [3.05, 3.63) is 59.9 Å². The van der Waals surface area contributed by atoms with E-state index in [-0.39, 0.29) is 17.8 Å². The number of aromatic nitrogens is 2. The average Bonchev–Trinajstić information content (AvgIpc) is 3.01. The van der Waals surface area contributed by atoms with Crippen molar-refractivity contribution in [2.45, 2.75) is 23.4 Å². The number of rotatable bonds is 2. The first-order valence-corrected chi connectivity index (χ1v) is 9.45. The highest BCUT2D eigenvalue weighted by molar-refractivity contribution is 7.92. The standard InChI is InChI=1S/C18H12F4N2O2S/c19-13-6-3-5-12(10-13)15-17(27(25,26)18(20,21)22)16-14-7-2-1-4-11(14)8-9-24(16)23-15/h1-7,10H,8-9H2. The molecule has 0 amide bonds. The van der Waals surface area contributed by atoms with Crippen molar-refractivity contribution < 1.29 is 26.0 Å². The number of alkyl halides is 3. The van der Waals surface area contributed by atoms with Crippen molar-refractivity contribution in [2.24, 2.45) is 0 Å². The van der Waals surface area contributed by atoms with Crippen molar-refractivity contribution in [2.75, 3.05) is 0 Å². The Hall–Kier alpha value is -2.68. The van der Waals surface area contributed by atoms with Crippen molar-refractivity contribution >= 4 is 9.84 Å². The molecule has 140 valence electrons. The maximum Gasteiger partial charge on any atom is 0.502 e. The highest BCUT2D eigenvalue weighted by Crippen LogP contribution is 2.44. The van der Waals surface area contributed by atoms with Crippen LogP contribution in [0.5, 0.6) is 0 Å². The van der Waals surface area contributed by atoms with Crippen LogP contribution in [0.15, 0.2) is 53.4 Å². The molecule has 0 saturated carbocycles. The summed E-state index contributed by atoms with van der Waals surface area (Å²) in [4.78, 5) is -0.937. The summed E-state index contributed by atoms with van der Waals surface area (Å²) in [6.45, 7) is 0.224. The molecule has 3 aromatic rings. The second kappa shape index (κ2) is 5.91. The van der Waals surface area contributed by atoms with Crippen molar-refractivity contribution in [3.8, 4) is 22.5 Å². The number of benzene rings is 2. The van der Waals surface area contributed by atoms with Crippen LogP contribution in [0.3, 0.4) is 0 Å². The largest absolute Gasteiger partial charge is 0.502 e. The van der Waals surface area contributed by atoms with E-state index in [9.17, 15) is 26.0 Å². The number of sulfone groups is 1. The molecule has 0 N–H and O–H groups in total. The van der Waals surface area contributed by atoms with Gasteiger partial charge in [0.25, 0.3) is 9.84 Å². The number of halogens is 4. The lowest BCUT2D eigenvalue weighted by Gasteiger charge is -2.19. The van der Waals surface area contributed by atoms with Crippen LogP contribution in [0, 0.1) is 5.82 Å². The van der Waals surface area contributed by atoms with Gasteiger partial charge in [0.2, 0.25) is 0 Å².